The van der Waals surface area contributed by atoms with Crippen molar-refractivity contribution in [3.05, 3.63) is 56.7 Å². The van der Waals surface area contributed by atoms with Gasteiger partial charge in [0.2, 0.25) is 11.6 Å². The third-order valence-corrected chi connectivity index (χ3v) is 2.80. The zero-order valence-electron chi connectivity index (χ0n) is 10.3. The van der Waals surface area contributed by atoms with Crippen molar-refractivity contribution in [2.45, 2.75) is 6.92 Å². The second-order valence-corrected chi connectivity index (χ2v) is 4.33. The Morgan fingerprint density at radius 2 is 2.20 bits per heavy atom. The van der Waals surface area contributed by atoms with Gasteiger partial charge in [-0.1, -0.05) is 11.6 Å². The van der Waals surface area contributed by atoms with Crippen LogP contribution in [0.3, 0.4) is 0 Å². The van der Waals surface area contributed by atoms with Crippen LogP contribution in [0.1, 0.15) is 11.1 Å². The van der Waals surface area contributed by atoms with E-state index in [1.165, 1.54) is 24.4 Å². The van der Waals surface area contributed by atoms with Gasteiger partial charge in [-0.15, -0.1) is 0 Å². The number of nitro groups is 1. The summed E-state index contributed by atoms with van der Waals surface area (Å²) < 4.78 is 5.39. The molecule has 0 saturated carbocycles. The number of ether oxygens (including phenoxy) is 1. The summed E-state index contributed by atoms with van der Waals surface area (Å²) in [5, 5.41) is 20.3. The van der Waals surface area contributed by atoms with Crippen molar-refractivity contribution in [1.29, 1.82) is 5.26 Å². The minimum atomic E-state index is -0.608. The monoisotopic (exact) mass is 289 g/mol. The summed E-state index contributed by atoms with van der Waals surface area (Å²) in [5.74, 6) is 0.00641. The lowest BCUT2D eigenvalue weighted by Crippen LogP contribution is -1.97. The summed E-state index contributed by atoms with van der Waals surface area (Å²) in [4.78, 5) is 14.3. The van der Waals surface area contributed by atoms with Crippen molar-refractivity contribution < 1.29 is 9.66 Å². The van der Waals surface area contributed by atoms with Crippen molar-refractivity contribution in [3.8, 4) is 17.7 Å². The van der Waals surface area contributed by atoms with Gasteiger partial charge in [-0.25, -0.2) is 4.98 Å². The van der Waals surface area contributed by atoms with Gasteiger partial charge in [0.25, 0.3) is 0 Å². The Morgan fingerprint density at radius 3 is 2.85 bits per heavy atom. The number of rotatable bonds is 3. The molecule has 0 radical (unpaired) electrons. The summed E-state index contributed by atoms with van der Waals surface area (Å²) in [5.41, 5.74) is 0.621. The lowest BCUT2D eigenvalue weighted by Gasteiger charge is -2.08. The first kappa shape index (κ1) is 13.8. The maximum Gasteiger partial charge on any atom is 0.313 e. The van der Waals surface area contributed by atoms with Gasteiger partial charge in [-0.3, -0.25) is 10.1 Å². The Kier molecular flexibility index (Phi) is 3.82. The number of halogens is 1. The average Bonchev–Trinajstić information content (AvgIpc) is 2.41. The highest BCUT2D eigenvalue weighted by molar-refractivity contribution is 6.30. The summed E-state index contributed by atoms with van der Waals surface area (Å²) in [6, 6.07) is 7.63. The van der Waals surface area contributed by atoms with Gasteiger partial charge in [0.15, 0.2) is 0 Å². The Morgan fingerprint density at radius 1 is 1.45 bits per heavy atom. The van der Waals surface area contributed by atoms with Crippen LogP contribution < -0.4 is 4.74 Å². The van der Waals surface area contributed by atoms with Crippen LogP contribution in [0, 0.1) is 28.4 Å². The van der Waals surface area contributed by atoms with E-state index in [1.807, 2.05) is 6.07 Å². The second kappa shape index (κ2) is 5.55. The lowest BCUT2D eigenvalue weighted by molar-refractivity contribution is -0.385. The quantitative estimate of drug-likeness (QED) is 0.636. The van der Waals surface area contributed by atoms with Gasteiger partial charge in [-0.05, 0) is 30.7 Å². The zero-order chi connectivity index (χ0) is 14.7. The topological polar surface area (TPSA) is 89.1 Å². The number of aromatic nitrogens is 1. The molecule has 0 saturated heterocycles. The first-order chi connectivity index (χ1) is 9.52. The van der Waals surface area contributed by atoms with Crippen LogP contribution in [0.15, 0.2) is 30.5 Å². The van der Waals surface area contributed by atoms with Crippen LogP contribution in [-0.2, 0) is 0 Å². The van der Waals surface area contributed by atoms with Crippen molar-refractivity contribution in [3.63, 3.8) is 0 Å². The minimum Gasteiger partial charge on any atom is -0.430 e. The number of aryl methyl sites for hydroxylation is 1. The molecule has 0 fully saturated rings. The van der Waals surface area contributed by atoms with Crippen molar-refractivity contribution in [2.24, 2.45) is 0 Å². The molecule has 0 spiro atoms. The summed E-state index contributed by atoms with van der Waals surface area (Å²) in [6.45, 7) is 1.73. The van der Waals surface area contributed by atoms with E-state index in [1.54, 1.807) is 13.0 Å². The first-order valence-electron chi connectivity index (χ1n) is 5.50. The molecule has 1 heterocycles. The van der Waals surface area contributed by atoms with Gasteiger partial charge in [0.05, 0.1) is 4.92 Å². The third-order valence-electron chi connectivity index (χ3n) is 2.56. The predicted octanol–water partition coefficient (Wildman–Crippen LogP) is 3.62. The number of nitro benzene ring substituents is 1. The molecule has 0 amide bonds. The summed E-state index contributed by atoms with van der Waals surface area (Å²) in [7, 11) is 0. The molecular weight excluding hydrogens is 282 g/mol. The smallest absolute Gasteiger partial charge is 0.313 e. The number of pyridine rings is 1. The lowest BCUT2D eigenvalue weighted by atomic mass is 10.2. The maximum atomic E-state index is 11.0. The molecule has 0 aliphatic carbocycles. The van der Waals surface area contributed by atoms with Gasteiger partial charge in [-0.2, -0.15) is 5.26 Å². The van der Waals surface area contributed by atoms with Crippen LogP contribution in [-0.4, -0.2) is 9.91 Å². The fourth-order valence-electron chi connectivity index (χ4n) is 1.57. The van der Waals surface area contributed by atoms with E-state index >= 15 is 0 Å². The van der Waals surface area contributed by atoms with Gasteiger partial charge >= 0.3 is 5.69 Å². The Bertz CT molecular complexity index is 725. The van der Waals surface area contributed by atoms with E-state index < -0.39 is 4.92 Å². The van der Waals surface area contributed by atoms with Crippen molar-refractivity contribution >= 4 is 17.3 Å². The fraction of sp³-hybridized carbons (Fsp3) is 0.0769. The highest BCUT2D eigenvalue weighted by Gasteiger charge is 2.18. The molecule has 0 N–H and O–H groups in total. The number of nitrogens with zero attached hydrogens (tertiary/aromatic N) is 3. The standard InChI is InChI=1S/C13H8ClN3O3/c1-8-4-5-16-13(10(8)7-15)20-12-3-2-9(14)6-11(12)17(18)19/h2-6H,1H3. The summed E-state index contributed by atoms with van der Waals surface area (Å²) >= 11 is 5.72. The number of nitriles is 1. The van der Waals surface area contributed by atoms with E-state index in [0.717, 1.165) is 0 Å². The molecule has 1 aromatic heterocycles. The van der Waals surface area contributed by atoms with E-state index in [9.17, 15) is 10.1 Å². The molecular formula is C13H8ClN3O3. The molecule has 0 bridgehead atoms. The Hall–Kier alpha value is -2.65. The fourth-order valence-corrected chi connectivity index (χ4v) is 1.74. The molecule has 0 aliphatic rings. The molecule has 0 aliphatic heterocycles. The average molecular weight is 290 g/mol. The largest absolute Gasteiger partial charge is 0.430 e. The molecule has 0 atom stereocenters. The summed E-state index contributed by atoms with van der Waals surface area (Å²) in [6.07, 6.45) is 1.47. The number of hydrogen-bond donors (Lipinski definition) is 0. The highest BCUT2D eigenvalue weighted by atomic mass is 35.5. The van der Waals surface area contributed by atoms with Crippen LogP contribution in [0.2, 0.25) is 5.02 Å². The van der Waals surface area contributed by atoms with E-state index in [0.29, 0.717) is 5.56 Å². The molecule has 20 heavy (non-hydrogen) atoms. The molecule has 6 nitrogen and oxygen atoms in total. The van der Waals surface area contributed by atoms with Crippen molar-refractivity contribution in [2.75, 3.05) is 0 Å². The molecule has 0 unspecified atom stereocenters. The minimum absolute atomic E-state index is 0.0194. The molecule has 100 valence electrons. The molecule has 7 heteroatoms. The van der Waals surface area contributed by atoms with E-state index in [4.69, 9.17) is 21.6 Å². The van der Waals surface area contributed by atoms with Crippen LogP contribution in [0.4, 0.5) is 5.69 Å². The normalized spacial score (nSPS) is 9.85. The zero-order valence-corrected chi connectivity index (χ0v) is 11.1. The van der Waals surface area contributed by atoms with Crippen LogP contribution in [0.25, 0.3) is 0 Å². The van der Waals surface area contributed by atoms with Crippen LogP contribution >= 0.6 is 11.6 Å². The first-order valence-corrected chi connectivity index (χ1v) is 5.88. The van der Waals surface area contributed by atoms with Crippen molar-refractivity contribution in [1.82, 2.24) is 4.98 Å². The second-order valence-electron chi connectivity index (χ2n) is 3.89. The van der Waals surface area contributed by atoms with Crippen LogP contribution in [0.5, 0.6) is 11.6 Å². The number of hydrogen-bond acceptors (Lipinski definition) is 5. The van der Waals surface area contributed by atoms with E-state index in [2.05, 4.69) is 4.98 Å². The van der Waals surface area contributed by atoms with Gasteiger partial charge < -0.3 is 4.74 Å². The van der Waals surface area contributed by atoms with Gasteiger partial charge in [0.1, 0.15) is 11.6 Å². The number of benzene rings is 1. The molecule has 1 aromatic carbocycles. The molecule has 2 aromatic rings. The Balaban J connectivity index is 2.49. The maximum absolute atomic E-state index is 11.0. The van der Waals surface area contributed by atoms with Gasteiger partial charge in [0, 0.05) is 17.3 Å². The van der Waals surface area contributed by atoms with E-state index in [-0.39, 0.29) is 27.9 Å². The highest BCUT2D eigenvalue weighted by Crippen LogP contribution is 2.34. The Labute approximate surface area is 119 Å². The third kappa shape index (κ3) is 2.68. The molecule has 2 rings (SSSR count). The SMILES string of the molecule is Cc1ccnc(Oc2ccc(Cl)cc2[N+](=O)[O-])c1C#N. The predicted molar refractivity (Wildman–Crippen MR) is 71.9 cm³/mol.